The quantitative estimate of drug-likeness (QED) is 0.636. The first-order valence-corrected chi connectivity index (χ1v) is 9.76. The van der Waals surface area contributed by atoms with Crippen molar-refractivity contribution in [1.82, 2.24) is 0 Å². The van der Waals surface area contributed by atoms with Crippen LogP contribution in [0.5, 0.6) is 0 Å². The predicted molar refractivity (Wildman–Crippen MR) is 108 cm³/mol. The summed E-state index contributed by atoms with van der Waals surface area (Å²) in [6.07, 6.45) is 0.666. The maximum atomic E-state index is 12.2. The number of sulfonamides is 1. The second kappa shape index (κ2) is 10.2. The van der Waals surface area contributed by atoms with Crippen molar-refractivity contribution in [3.8, 4) is 0 Å². The number of rotatable bonds is 8. The minimum atomic E-state index is -3.37. The van der Waals surface area contributed by atoms with E-state index in [9.17, 15) is 13.2 Å². The normalized spacial score (nSPS) is 11.9. The standard InChI is InChI=1S/C18H23N3O3S.ClH/c1-2-11-25(23,24)21-16-10-6-9-15(12-16)20-18(22)13-17(19)14-7-4-3-5-8-14;/h3-10,12,17,21H,2,11,13,19H2,1H3,(H,20,22);1H. The molecule has 2 rings (SSSR count). The van der Waals surface area contributed by atoms with Gasteiger partial charge >= 0.3 is 0 Å². The summed E-state index contributed by atoms with van der Waals surface area (Å²) in [6, 6.07) is 15.6. The second-order valence-electron chi connectivity index (χ2n) is 5.77. The summed E-state index contributed by atoms with van der Waals surface area (Å²) in [5.41, 5.74) is 7.86. The molecule has 0 bridgehead atoms. The van der Waals surface area contributed by atoms with Crippen LogP contribution in [0.15, 0.2) is 54.6 Å². The molecule has 1 unspecified atom stereocenters. The molecular weight excluding hydrogens is 374 g/mol. The molecule has 0 radical (unpaired) electrons. The Morgan fingerprint density at radius 2 is 1.73 bits per heavy atom. The van der Waals surface area contributed by atoms with E-state index in [1.165, 1.54) is 0 Å². The van der Waals surface area contributed by atoms with Crippen molar-refractivity contribution in [2.75, 3.05) is 15.8 Å². The number of hydrogen-bond donors (Lipinski definition) is 3. The van der Waals surface area contributed by atoms with Gasteiger partial charge in [0.2, 0.25) is 15.9 Å². The molecule has 0 spiro atoms. The maximum absolute atomic E-state index is 12.2. The van der Waals surface area contributed by atoms with E-state index in [1.54, 1.807) is 31.2 Å². The van der Waals surface area contributed by atoms with Gasteiger partial charge < -0.3 is 11.1 Å². The van der Waals surface area contributed by atoms with Gasteiger partial charge in [0.05, 0.1) is 11.4 Å². The molecule has 0 aromatic heterocycles. The van der Waals surface area contributed by atoms with Gasteiger partial charge in [-0.3, -0.25) is 9.52 Å². The number of hydrogen-bond acceptors (Lipinski definition) is 4. The molecule has 8 heteroatoms. The molecular formula is C18H24ClN3O3S. The van der Waals surface area contributed by atoms with Gasteiger partial charge in [0.15, 0.2) is 0 Å². The maximum Gasteiger partial charge on any atom is 0.232 e. The fourth-order valence-corrected chi connectivity index (χ4v) is 3.52. The number of amides is 1. The van der Waals surface area contributed by atoms with Crippen LogP contribution >= 0.6 is 12.4 Å². The molecule has 142 valence electrons. The largest absolute Gasteiger partial charge is 0.326 e. The number of halogens is 1. The van der Waals surface area contributed by atoms with Crippen LogP contribution in [0, 0.1) is 0 Å². The molecule has 2 aromatic rings. The van der Waals surface area contributed by atoms with Crippen molar-refractivity contribution in [3.05, 3.63) is 60.2 Å². The third-order valence-corrected chi connectivity index (χ3v) is 5.02. The number of nitrogens with two attached hydrogens (primary N) is 1. The summed E-state index contributed by atoms with van der Waals surface area (Å²) in [7, 11) is -3.37. The summed E-state index contributed by atoms with van der Waals surface area (Å²) in [5.74, 6) is -0.180. The average molecular weight is 398 g/mol. The third-order valence-electron chi connectivity index (χ3n) is 3.53. The van der Waals surface area contributed by atoms with Crippen molar-refractivity contribution in [2.45, 2.75) is 25.8 Å². The molecule has 1 atom stereocenters. The number of anilines is 2. The summed E-state index contributed by atoms with van der Waals surface area (Å²) < 4.78 is 26.1. The molecule has 0 saturated carbocycles. The Morgan fingerprint density at radius 1 is 1.08 bits per heavy atom. The Morgan fingerprint density at radius 3 is 2.38 bits per heavy atom. The lowest BCUT2D eigenvalue weighted by Crippen LogP contribution is -2.20. The van der Waals surface area contributed by atoms with Gasteiger partial charge in [-0.05, 0) is 30.2 Å². The summed E-state index contributed by atoms with van der Waals surface area (Å²) in [5, 5.41) is 2.75. The second-order valence-corrected chi connectivity index (χ2v) is 7.61. The predicted octanol–water partition coefficient (Wildman–Crippen LogP) is 3.29. The summed E-state index contributed by atoms with van der Waals surface area (Å²) >= 11 is 0. The first kappa shape index (κ1) is 22.0. The number of benzene rings is 2. The minimum absolute atomic E-state index is 0. The number of carbonyl (C=O) groups is 1. The van der Waals surface area contributed by atoms with Gasteiger partial charge in [-0.15, -0.1) is 12.4 Å². The van der Waals surface area contributed by atoms with Crippen LogP contribution in [0.2, 0.25) is 0 Å². The topological polar surface area (TPSA) is 101 Å². The smallest absolute Gasteiger partial charge is 0.232 e. The number of nitrogens with one attached hydrogen (secondary N) is 2. The van der Waals surface area contributed by atoms with E-state index in [1.807, 2.05) is 30.3 Å². The molecule has 0 heterocycles. The third kappa shape index (κ3) is 7.03. The van der Waals surface area contributed by atoms with Gasteiger partial charge in [0.1, 0.15) is 0 Å². The van der Waals surface area contributed by atoms with Crippen LogP contribution in [-0.4, -0.2) is 20.1 Å². The Labute approximate surface area is 160 Å². The van der Waals surface area contributed by atoms with Crippen LogP contribution in [0.25, 0.3) is 0 Å². The molecule has 1 amide bonds. The molecule has 0 aliphatic rings. The van der Waals surface area contributed by atoms with Gasteiger partial charge in [-0.2, -0.15) is 0 Å². The first-order chi connectivity index (χ1) is 11.9. The highest BCUT2D eigenvalue weighted by Crippen LogP contribution is 2.19. The first-order valence-electron chi connectivity index (χ1n) is 8.10. The molecule has 6 nitrogen and oxygen atoms in total. The Hall–Kier alpha value is -2.09. The monoisotopic (exact) mass is 397 g/mol. The van der Waals surface area contributed by atoms with E-state index < -0.39 is 16.1 Å². The van der Waals surface area contributed by atoms with E-state index >= 15 is 0 Å². The van der Waals surface area contributed by atoms with Gasteiger partial charge in [0.25, 0.3) is 0 Å². The lowest BCUT2D eigenvalue weighted by Gasteiger charge is -2.13. The molecule has 0 saturated heterocycles. The molecule has 0 aliphatic carbocycles. The van der Waals surface area contributed by atoms with Crippen molar-refractivity contribution >= 4 is 39.7 Å². The molecule has 2 aromatic carbocycles. The zero-order valence-corrected chi connectivity index (χ0v) is 16.1. The fraction of sp³-hybridized carbons (Fsp3) is 0.278. The lowest BCUT2D eigenvalue weighted by molar-refractivity contribution is -0.116. The Balaban J connectivity index is 0.00000338. The van der Waals surface area contributed by atoms with E-state index in [-0.39, 0.29) is 30.5 Å². The van der Waals surface area contributed by atoms with Crippen LogP contribution < -0.4 is 15.8 Å². The zero-order valence-electron chi connectivity index (χ0n) is 14.5. The van der Waals surface area contributed by atoms with Crippen LogP contribution in [0.4, 0.5) is 11.4 Å². The molecule has 26 heavy (non-hydrogen) atoms. The van der Waals surface area contributed by atoms with Crippen molar-refractivity contribution in [1.29, 1.82) is 0 Å². The molecule has 4 N–H and O–H groups in total. The minimum Gasteiger partial charge on any atom is -0.326 e. The van der Waals surface area contributed by atoms with Crippen molar-refractivity contribution in [3.63, 3.8) is 0 Å². The average Bonchev–Trinajstić information content (AvgIpc) is 2.55. The highest BCUT2D eigenvalue weighted by molar-refractivity contribution is 7.92. The highest BCUT2D eigenvalue weighted by Gasteiger charge is 2.13. The Kier molecular flexibility index (Phi) is 8.57. The van der Waals surface area contributed by atoms with E-state index in [4.69, 9.17) is 5.73 Å². The SMILES string of the molecule is CCCS(=O)(=O)Nc1cccc(NC(=O)CC(N)c2ccccc2)c1.Cl. The van der Waals surface area contributed by atoms with Crippen LogP contribution in [0.1, 0.15) is 31.4 Å². The Bertz CT molecular complexity index is 813. The molecule has 0 fully saturated rings. The van der Waals surface area contributed by atoms with E-state index in [0.29, 0.717) is 17.8 Å². The highest BCUT2D eigenvalue weighted by atomic mass is 35.5. The van der Waals surface area contributed by atoms with E-state index in [0.717, 1.165) is 5.56 Å². The summed E-state index contributed by atoms with van der Waals surface area (Å²) in [4.78, 5) is 12.2. The zero-order chi connectivity index (χ0) is 18.3. The summed E-state index contributed by atoms with van der Waals surface area (Å²) in [6.45, 7) is 1.80. The van der Waals surface area contributed by atoms with Gasteiger partial charge in [-0.25, -0.2) is 8.42 Å². The fourth-order valence-electron chi connectivity index (χ4n) is 2.39. The van der Waals surface area contributed by atoms with Crippen molar-refractivity contribution in [2.24, 2.45) is 5.73 Å². The van der Waals surface area contributed by atoms with Crippen molar-refractivity contribution < 1.29 is 13.2 Å². The van der Waals surface area contributed by atoms with Gasteiger partial charge in [-0.1, -0.05) is 43.3 Å². The van der Waals surface area contributed by atoms with Gasteiger partial charge in [0, 0.05) is 18.2 Å². The van der Waals surface area contributed by atoms with Crippen LogP contribution in [-0.2, 0) is 14.8 Å². The molecule has 0 aliphatic heterocycles. The van der Waals surface area contributed by atoms with Crippen LogP contribution in [0.3, 0.4) is 0 Å². The van der Waals surface area contributed by atoms with E-state index in [2.05, 4.69) is 10.0 Å². The number of carbonyl (C=O) groups excluding carboxylic acids is 1. The lowest BCUT2D eigenvalue weighted by atomic mass is 10.0.